The van der Waals surface area contributed by atoms with Crippen molar-refractivity contribution in [3.63, 3.8) is 0 Å². The fourth-order valence-electron chi connectivity index (χ4n) is 3.03. The molecule has 1 amide bonds. The molecule has 0 spiro atoms. The number of amides is 1. The molecule has 3 heterocycles. The fourth-order valence-corrected chi connectivity index (χ4v) is 4.56. The zero-order valence-corrected chi connectivity index (χ0v) is 16.3. The van der Waals surface area contributed by atoms with Crippen LogP contribution in [-0.4, -0.2) is 27.7 Å². The summed E-state index contributed by atoms with van der Waals surface area (Å²) in [6.45, 7) is 4.92. The van der Waals surface area contributed by atoms with Gasteiger partial charge in [0.15, 0.2) is 11.0 Å². The SMILES string of the molecule is CCC1(C)Cc2c(sc3nc(SC)nc(NNC(=O)C4CC4)c23)CO1. The monoisotopic (exact) mass is 378 g/mol. The average Bonchev–Trinajstić information content (AvgIpc) is 3.41. The molecule has 134 valence electrons. The highest BCUT2D eigenvalue weighted by Gasteiger charge is 2.34. The first-order valence-corrected chi connectivity index (χ1v) is 10.6. The van der Waals surface area contributed by atoms with E-state index in [0.29, 0.717) is 17.6 Å². The fraction of sp³-hybridized carbons (Fsp3) is 0.588. The molecule has 1 unspecified atom stereocenters. The van der Waals surface area contributed by atoms with Gasteiger partial charge in [0, 0.05) is 17.2 Å². The summed E-state index contributed by atoms with van der Waals surface area (Å²) >= 11 is 3.17. The van der Waals surface area contributed by atoms with Crippen molar-refractivity contribution < 1.29 is 9.53 Å². The Bertz CT molecular complexity index is 834. The van der Waals surface area contributed by atoms with Gasteiger partial charge in [-0.15, -0.1) is 11.3 Å². The number of hydrogen-bond donors (Lipinski definition) is 2. The van der Waals surface area contributed by atoms with Gasteiger partial charge in [-0.1, -0.05) is 18.7 Å². The topological polar surface area (TPSA) is 76.1 Å². The number of rotatable bonds is 5. The van der Waals surface area contributed by atoms with E-state index in [1.165, 1.54) is 22.2 Å². The first-order chi connectivity index (χ1) is 12.0. The summed E-state index contributed by atoms with van der Waals surface area (Å²) in [6.07, 6.45) is 5.70. The Labute approximate surface area is 155 Å². The number of thiophene rings is 1. The number of hydrazine groups is 1. The minimum Gasteiger partial charge on any atom is -0.369 e. The van der Waals surface area contributed by atoms with Crippen LogP contribution in [0.4, 0.5) is 5.82 Å². The van der Waals surface area contributed by atoms with Gasteiger partial charge in [0.25, 0.3) is 0 Å². The lowest BCUT2D eigenvalue weighted by Gasteiger charge is -2.33. The Morgan fingerprint density at radius 3 is 2.92 bits per heavy atom. The zero-order chi connectivity index (χ0) is 17.6. The van der Waals surface area contributed by atoms with Gasteiger partial charge in [-0.3, -0.25) is 15.6 Å². The summed E-state index contributed by atoms with van der Waals surface area (Å²) in [6, 6.07) is 0. The van der Waals surface area contributed by atoms with Crippen LogP contribution >= 0.6 is 23.1 Å². The van der Waals surface area contributed by atoms with E-state index >= 15 is 0 Å². The second-order valence-corrected chi connectivity index (χ2v) is 8.76. The van der Waals surface area contributed by atoms with Gasteiger partial charge in [-0.2, -0.15) is 0 Å². The predicted molar refractivity (Wildman–Crippen MR) is 101 cm³/mol. The van der Waals surface area contributed by atoms with Gasteiger partial charge in [-0.25, -0.2) is 9.97 Å². The second-order valence-electron chi connectivity index (χ2n) is 6.90. The molecule has 0 bridgehead atoms. The van der Waals surface area contributed by atoms with Crippen LogP contribution in [0.5, 0.6) is 0 Å². The number of aromatic nitrogens is 2. The summed E-state index contributed by atoms with van der Waals surface area (Å²) in [4.78, 5) is 23.5. The van der Waals surface area contributed by atoms with Crippen LogP contribution in [0.2, 0.25) is 0 Å². The minimum absolute atomic E-state index is 0.0447. The van der Waals surface area contributed by atoms with Crippen molar-refractivity contribution in [2.75, 3.05) is 11.7 Å². The maximum Gasteiger partial charge on any atom is 0.241 e. The lowest BCUT2D eigenvalue weighted by molar-refractivity contribution is -0.121. The third kappa shape index (κ3) is 3.22. The third-order valence-corrected chi connectivity index (χ3v) is 6.65. The average molecular weight is 379 g/mol. The summed E-state index contributed by atoms with van der Waals surface area (Å²) in [5, 5.41) is 1.73. The van der Waals surface area contributed by atoms with Crippen molar-refractivity contribution >= 4 is 45.0 Å². The van der Waals surface area contributed by atoms with Crippen LogP contribution in [0.1, 0.15) is 43.6 Å². The number of nitrogens with one attached hydrogen (secondary N) is 2. The van der Waals surface area contributed by atoms with Crippen LogP contribution in [0.25, 0.3) is 10.2 Å². The molecule has 0 saturated heterocycles. The number of thioether (sulfide) groups is 1. The Hall–Kier alpha value is -1.38. The summed E-state index contributed by atoms with van der Waals surface area (Å²) < 4.78 is 6.07. The summed E-state index contributed by atoms with van der Waals surface area (Å²) in [7, 11) is 0. The molecule has 0 radical (unpaired) electrons. The van der Waals surface area contributed by atoms with E-state index in [1.807, 2.05) is 6.26 Å². The number of hydrogen-bond acceptors (Lipinski definition) is 7. The molecule has 4 rings (SSSR count). The molecule has 2 N–H and O–H groups in total. The van der Waals surface area contributed by atoms with Crippen molar-refractivity contribution in [3.8, 4) is 0 Å². The van der Waals surface area contributed by atoms with E-state index in [-0.39, 0.29) is 17.4 Å². The second kappa shape index (κ2) is 6.41. The van der Waals surface area contributed by atoms with Gasteiger partial charge in [0.05, 0.1) is 17.6 Å². The molecule has 2 aromatic heterocycles. The molecule has 1 fully saturated rings. The minimum atomic E-state index is -0.159. The Morgan fingerprint density at radius 1 is 1.44 bits per heavy atom. The van der Waals surface area contributed by atoms with E-state index in [1.54, 1.807) is 11.3 Å². The van der Waals surface area contributed by atoms with E-state index in [2.05, 4.69) is 34.7 Å². The Morgan fingerprint density at radius 2 is 2.24 bits per heavy atom. The third-order valence-electron chi connectivity index (χ3n) is 5.00. The molecule has 0 aromatic carbocycles. The maximum atomic E-state index is 12.0. The van der Waals surface area contributed by atoms with Crippen molar-refractivity contribution in [1.29, 1.82) is 0 Å². The highest BCUT2D eigenvalue weighted by molar-refractivity contribution is 7.98. The number of nitrogens with zero attached hydrogens (tertiary/aromatic N) is 2. The highest BCUT2D eigenvalue weighted by atomic mass is 32.2. The smallest absolute Gasteiger partial charge is 0.241 e. The molecule has 1 atom stereocenters. The van der Waals surface area contributed by atoms with Crippen molar-refractivity contribution in [2.45, 2.75) is 56.9 Å². The molecule has 1 saturated carbocycles. The van der Waals surface area contributed by atoms with Gasteiger partial charge < -0.3 is 4.74 Å². The van der Waals surface area contributed by atoms with Crippen molar-refractivity contribution in [1.82, 2.24) is 15.4 Å². The summed E-state index contributed by atoms with van der Waals surface area (Å²) in [5.74, 6) is 0.891. The predicted octanol–water partition coefficient (Wildman–Crippen LogP) is 3.51. The van der Waals surface area contributed by atoms with Crippen LogP contribution in [0.15, 0.2) is 5.16 Å². The number of fused-ring (bicyclic) bond motifs is 3. The number of anilines is 1. The van der Waals surface area contributed by atoms with Crippen LogP contribution in [0, 0.1) is 5.92 Å². The number of carbonyl (C=O) groups is 1. The summed E-state index contributed by atoms with van der Waals surface area (Å²) in [5.41, 5.74) is 6.98. The Kier molecular flexibility index (Phi) is 4.37. The van der Waals surface area contributed by atoms with Gasteiger partial charge >= 0.3 is 0 Å². The van der Waals surface area contributed by atoms with Crippen LogP contribution in [0.3, 0.4) is 0 Å². The van der Waals surface area contributed by atoms with Crippen LogP contribution in [-0.2, 0) is 22.6 Å². The first kappa shape index (κ1) is 17.1. The lowest BCUT2D eigenvalue weighted by Crippen LogP contribution is -2.34. The van der Waals surface area contributed by atoms with Crippen molar-refractivity contribution in [2.24, 2.45) is 5.92 Å². The molecule has 2 aromatic rings. The molecular formula is C17H22N4O2S2. The normalized spacial score (nSPS) is 22.7. The molecule has 25 heavy (non-hydrogen) atoms. The van der Waals surface area contributed by atoms with Gasteiger partial charge in [0.1, 0.15) is 4.83 Å². The highest BCUT2D eigenvalue weighted by Crippen LogP contribution is 2.42. The van der Waals surface area contributed by atoms with Gasteiger partial charge in [0.2, 0.25) is 5.91 Å². The maximum absolute atomic E-state index is 12.0. The first-order valence-electron chi connectivity index (χ1n) is 8.59. The largest absolute Gasteiger partial charge is 0.369 e. The molecular weight excluding hydrogens is 356 g/mol. The molecule has 2 aliphatic rings. The standard InChI is InChI=1S/C17H22N4O2S2/c1-4-17(2)7-10-11(8-23-17)25-15-12(10)13(18-16(19-15)24-3)20-21-14(22)9-5-6-9/h9H,4-8H2,1-3H3,(H,21,22)(H,18,19,20). The quantitative estimate of drug-likeness (QED) is 0.471. The molecule has 1 aliphatic carbocycles. The zero-order valence-electron chi connectivity index (χ0n) is 14.6. The van der Waals surface area contributed by atoms with E-state index in [9.17, 15) is 4.79 Å². The molecule has 8 heteroatoms. The van der Waals surface area contributed by atoms with Gasteiger partial charge in [-0.05, 0) is 38.0 Å². The van der Waals surface area contributed by atoms with E-state index in [4.69, 9.17) is 4.74 Å². The number of carbonyl (C=O) groups excluding carboxylic acids is 1. The Balaban J connectivity index is 1.74. The number of ether oxygens (including phenoxy) is 1. The molecule has 1 aliphatic heterocycles. The van der Waals surface area contributed by atoms with Crippen LogP contribution < -0.4 is 10.9 Å². The molecule has 6 nitrogen and oxygen atoms in total. The lowest BCUT2D eigenvalue weighted by atomic mass is 9.90. The van der Waals surface area contributed by atoms with E-state index in [0.717, 1.165) is 35.9 Å². The van der Waals surface area contributed by atoms with Crippen molar-refractivity contribution in [3.05, 3.63) is 10.4 Å². The van der Waals surface area contributed by atoms with E-state index < -0.39 is 0 Å².